The molecule has 2 aromatic heterocycles. The topological polar surface area (TPSA) is 93.8 Å². The van der Waals surface area contributed by atoms with Crippen LogP contribution >= 0.6 is 0 Å². The molecule has 144 valence electrons. The molecule has 2 N–H and O–H groups in total. The first-order valence-corrected chi connectivity index (χ1v) is 9.29. The summed E-state index contributed by atoms with van der Waals surface area (Å²) in [6.07, 6.45) is 9.39. The minimum atomic E-state index is -0.314. The number of aromatic nitrogens is 4. The third kappa shape index (κ3) is 5.06. The number of aryl methyl sites for hydroxylation is 2. The number of nitrogens with one attached hydrogen (secondary N) is 2. The van der Waals surface area contributed by atoms with Crippen LogP contribution in [0.2, 0.25) is 0 Å². The van der Waals surface area contributed by atoms with E-state index in [4.69, 9.17) is 0 Å². The van der Waals surface area contributed by atoms with Crippen LogP contribution in [0.3, 0.4) is 0 Å². The average molecular weight is 370 g/mol. The zero-order chi connectivity index (χ0) is 19.2. The van der Waals surface area contributed by atoms with Gasteiger partial charge < -0.3 is 5.32 Å². The van der Waals surface area contributed by atoms with Crippen LogP contribution in [0.4, 0.5) is 10.6 Å². The van der Waals surface area contributed by atoms with E-state index >= 15 is 0 Å². The maximum Gasteiger partial charge on any atom is 0.348 e. The molecule has 0 radical (unpaired) electrons. The minimum absolute atomic E-state index is 0.297. The van der Waals surface area contributed by atoms with Crippen molar-refractivity contribution in [2.24, 2.45) is 5.92 Å². The molecule has 1 aliphatic rings. The van der Waals surface area contributed by atoms with Gasteiger partial charge in [-0.2, -0.15) is 10.1 Å². The summed E-state index contributed by atoms with van der Waals surface area (Å²) < 4.78 is 3.38. The smallest absolute Gasteiger partial charge is 0.336 e. The number of hydrogen-bond acceptors (Lipinski definition) is 4. The van der Waals surface area contributed by atoms with E-state index in [1.165, 1.54) is 0 Å². The monoisotopic (exact) mass is 370 g/mol. The van der Waals surface area contributed by atoms with E-state index in [-0.39, 0.29) is 11.7 Å². The Labute approximate surface area is 158 Å². The summed E-state index contributed by atoms with van der Waals surface area (Å²) in [4.78, 5) is 28.0. The molecule has 1 aliphatic carbocycles. The molecule has 0 saturated carbocycles. The number of anilines is 1. The number of carbonyl (C=O) groups is 1. The maximum absolute atomic E-state index is 12.2. The molecule has 8 heteroatoms. The fourth-order valence-electron chi connectivity index (χ4n) is 3.34. The first-order valence-electron chi connectivity index (χ1n) is 9.29. The summed E-state index contributed by atoms with van der Waals surface area (Å²) in [6.45, 7) is 5.14. The molecule has 0 fully saturated rings. The van der Waals surface area contributed by atoms with Crippen LogP contribution in [0, 0.1) is 19.8 Å². The zero-order valence-corrected chi connectivity index (χ0v) is 15.8. The zero-order valence-electron chi connectivity index (χ0n) is 15.8. The lowest BCUT2D eigenvalue weighted by Crippen LogP contribution is -2.35. The second kappa shape index (κ2) is 8.66. The van der Waals surface area contributed by atoms with Crippen molar-refractivity contribution < 1.29 is 4.79 Å². The lowest BCUT2D eigenvalue weighted by atomic mass is 9.94. The van der Waals surface area contributed by atoms with Crippen LogP contribution in [0.15, 0.2) is 35.3 Å². The Morgan fingerprint density at radius 2 is 2.19 bits per heavy atom. The summed E-state index contributed by atoms with van der Waals surface area (Å²) in [7, 11) is 0. The van der Waals surface area contributed by atoms with Crippen molar-refractivity contribution in [2.75, 3.05) is 11.9 Å². The molecule has 0 saturated heterocycles. The highest BCUT2D eigenvalue weighted by Crippen LogP contribution is 2.21. The van der Waals surface area contributed by atoms with Crippen LogP contribution in [-0.2, 0) is 13.1 Å². The van der Waals surface area contributed by atoms with E-state index in [2.05, 4.69) is 32.9 Å². The molecule has 3 rings (SSSR count). The third-order valence-corrected chi connectivity index (χ3v) is 4.73. The van der Waals surface area contributed by atoms with Crippen LogP contribution in [-0.4, -0.2) is 31.9 Å². The molecule has 2 aromatic rings. The molecule has 1 atom stereocenters. The van der Waals surface area contributed by atoms with Gasteiger partial charge in [-0.25, -0.2) is 14.3 Å². The van der Waals surface area contributed by atoms with Crippen molar-refractivity contribution in [2.45, 2.75) is 46.2 Å². The summed E-state index contributed by atoms with van der Waals surface area (Å²) in [5, 5.41) is 9.93. The van der Waals surface area contributed by atoms with E-state index in [0.717, 1.165) is 31.5 Å². The molecular weight excluding hydrogens is 344 g/mol. The number of hydrogen-bond donors (Lipinski definition) is 2. The normalized spacial score (nSPS) is 16.3. The molecule has 1 unspecified atom stereocenters. The third-order valence-electron chi connectivity index (χ3n) is 4.73. The Balaban J connectivity index is 1.51. The second-order valence-corrected chi connectivity index (χ2v) is 6.90. The molecule has 0 aliphatic heterocycles. The lowest BCUT2D eigenvalue weighted by Gasteiger charge is -2.19. The highest BCUT2D eigenvalue weighted by Gasteiger charge is 2.14. The van der Waals surface area contributed by atoms with E-state index in [9.17, 15) is 9.59 Å². The quantitative estimate of drug-likeness (QED) is 0.763. The molecule has 8 nitrogen and oxygen atoms in total. The molecule has 27 heavy (non-hydrogen) atoms. The first-order chi connectivity index (χ1) is 13.0. The first kappa shape index (κ1) is 18.9. The number of rotatable bonds is 6. The molecule has 0 spiro atoms. The summed E-state index contributed by atoms with van der Waals surface area (Å²) in [5.41, 5.74) is 1.23. The fourth-order valence-corrected chi connectivity index (χ4v) is 3.34. The van der Waals surface area contributed by atoms with Gasteiger partial charge in [-0.3, -0.25) is 9.88 Å². The number of nitrogens with zero attached hydrogens (tertiary/aromatic N) is 4. The Morgan fingerprint density at radius 1 is 1.33 bits per heavy atom. The Hall–Kier alpha value is -2.90. The molecule has 2 amide bonds. The number of amides is 2. The van der Waals surface area contributed by atoms with Crippen molar-refractivity contribution in [3.63, 3.8) is 0 Å². The number of carbonyl (C=O) groups excluding carboxylic acids is 1. The average Bonchev–Trinajstić information content (AvgIpc) is 3.04. The number of urea groups is 1. The van der Waals surface area contributed by atoms with Gasteiger partial charge in [-0.15, -0.1) is 0 Å². The molecule has 2 heterocycles. The van der Waals surface area contributed by atoms with Gasteiger partial charge >= 0.3 is 11.7 Å². The van der Waals surface area contributed by atoms with Gasteiger partial charge in [-0.1, -0.05) is 12.2 Å². The lowest BCUT2D eigenvalue weighted by molar-refractivity contribution is 0.251. The van der Waals surface area contributed by atoms with E-state index < -0.39 is 0 Å². The van der Waals surface area contributed by atoms with Crippen LogP contribution in [0.1, 0.15) is 30.7 Å². The van der Waals surface area contributed by atoms with Gasteiger partial charge in [0.25, 0.3) is 0 Å². The maximum atomic E-state index is 12.2. The van der Waals surface area contributed by atoms with Gasteiger partial charge in [0.15, 0.2) is 0 Å². The van der Waals surface area contributed by atoms with Gasteiger partial charge in [-0.05, 0) is 45.1 Å². The van der Waals surface area contributed by atoms with Crippen molar-refractivity contribution >= 4 is 11.8 Å². The standard InChI is InChI=1S/C19H26N6O2/c1-14-12-15(2)24(19(27)22-14)11-10-20-18(26)23-17-8-9-21-25(17)13-16-6-4-3-5-7-16/h3-4,8-9,12,16H,5-7,10-11,13H2,1-2H3,(H2,20,23,26). The van der Waals surface area contributed by atoms with Crippen molar-refractivity contribution in [3.05, 3.63) is 52.4 Å². The van der Waals surface area contributed by atoms with Crippen LogP contribution < -0.4 is 16.3 Å². The van der Waals surface area contributed by atoms with Gasteiger partial charge in [0.1, 0.15) is 5.82 Å². The second-order valence-electron chi connectivity index (χ2n) is 6.90. The van der Waals surface area contributed by atoms with E-state index in [1.807, 2.05) is 17.7 Å². The number of allylic oxidation sites excluding steroid dienone is 2. The van der Waals surface area contributed by atoms with E-state index in [1.54, 1.807) is 23.8 Å². The van der Waals surface area contributed by atoms with Crippen LogP contribution in [0.5, 0.6) is 0 Å². The Kier molecular flexibility index (Phi) is 6.05. The highest BCUT2D eigenvalue weighted by atomic mass is 16.2. The SMILES string of the molecule is Cc1cc(C)n(CCNC(=O)Nc2ccnn2CC2CC=CCC2)c(=O)n1. The largest absolute Gasteiger partial charge is 0.348 e. The summed E-state index contributed by atoms with van der Waals surface area (Å²) in [5.74, 6) is 1.22. The Morgan fingerprint density at radius 3 is 2.93 bits per heavy atom. The predicted molar refractivity (Wildman–Crippen MR) is 104 cm³/mol. The van der Waals surface area contributed by atoms with Gasteiger partial charge in [0.2, 0.25) is 0 Å². The predicted octanol–water partition coefficient (Wildman–Crippen LogP) is 2.23. The fraction of sp³-hybridized carbons (Fsp3) is 0.474. The Bertz CT molecular complexity index is 883. The molecule has 0 aromatic carbocycles. The highest BCUT2D eigenvalue weighted by molar-refractivity contribution is 5.88. The van der Waals surface area contributed by atoms with Gasteiger partial charge in [0.05, 0.1) is 6.20 Å². The summed E-state index contributed by atoms with van der Waals surface area (Å²) >= 11 is 0. The minimum Gasteiger partial charge on any atom is -0.336 e. The van der Waals surface area contributed by atoms with Crippen molar-refractivity contribution in [3.8, 4) is 0 Å². The van der Waals surface area contributed by atoms with Crippen LogP contribution in [0.25, 0.3) is 0 Å². The van der Waals surface area contributed by atoms with Crippen molar-refractivity contribution in [1.82, 2.24) is 24.6 Å². The summed E-state index contributed by atoms with van der Waals surface area (Å²) in [6, 6.07) is 3.32. The van der Waals surface area contributed by atoms with E-state index in [0.29, 0.717) is 30.5 Å². The molecule has 0 bridgehead atoms. The molecular formula is C19H26N6O2. The van der Waals surface area contributed by atoms with Crippen molar-refractivity contribution in [1.29, 1.82) is 0 Å². The van der Waals surface area contributed by atoms with Gasteiger partial charge in [0, 0.05) is 37.1 Å².